The molecule has 0 bridgehead atoms. The highest BCUT2D eigenvalue weighted by atomic mass is 16.6. The van der Waals surface area contributed by atoms with E-state index < -0.39 is 6.10 Å². The minimum Gasteiger partial charge on any atom is -0.485 e. The predicted molar refractivity (Wildman–Crippen MR) is 93.8 cm³/mol. The third-order valence-corrected chi connectivity index (χ3v) is 4.31. The monoisotopic (exact) mass is 337 g/mol. The lowest BCUT2D eigenvalue weighted by Gasteiger charge is -2.25. The molecule has 1 atom stereocenters. The highest BCUT2D eigenvalue weighted by Crippen LogP contribution is 2.30. The molecule has 6 heteroatoms. The molecule has 128 valence electrons. The number of aromatic nitrogens is 2. The number of hydrogen-bond acceptors (Lipinski definition) is 4. The Morgan fingerprint density at radius 3 is 3.00 bits per heavy atom. The van der Waals surface area contributed by atoms with E-state index in [1.807, 2.05) is 35.9 Å². The molecule has 1 aliphatic rings. The molecule has 6 nitrogen and oxygen atoms in total. The number of amides is 1. The van der Waals surface area contributed by atoms with Crippen LogP contribution < -0.4 is 14.8 Å². The van der Waals surface area contributed by atoms with E-state index in [4.69, 9.17) is 9.47 Å². The number of carbonyl (C=O) groups excluding carboxylic acids is 1. The maximum absolute atomic E-state index is 12.3. The maximum atomic E-state index is 12.3. The van der Waals surface area contributed by atoms with Crippen LogP contribution in [0.2, 0.25) is 0 Å². The van der Waals surface area contributed by atoms with Gasteiger partial charge in [-0.3, -0.25) is 4.79 Å². The van der Waals surface area contributed by atoms with Crippen molar-refractivity contribution in [1.82, 2.24) is 14.9 Å². The summed E-state index contributed by atoms with van der Waals surface area (Å²) in [6.45, 7) is 0.759. The second-order valence-corrected chi connectivity index (χ2v) is 6.05. The zero-order valence-corrected chi connectivity index (χ0v) is 13.9. The lowest BCUT2D eigenvalue weighted by molar-refractivity contribution is -0.130. The third kappa shape index (κ3) is 3.03. The fraction of sp³-hybridized carbons (Fsp3) is 0.263. The number of fused-ring (bicyclic) bond motifs is 2. The van der Waals surface area contributed by atoms with E-state index in [2.05, 4.69) is 22.6 Å². The number of ether oxygens (including phenoxy) is 2. The van der Waals surface area contributed by atoms with Crippen LogP contribution in [-0.2, 0) is 18.3 Å². The molecule has 1 unspecified atom stereocenters. The van der Waals surface area contributed by atoms with Crippen LogP contribution in [0.5, 0.6) is 11.5 Å². The van der Waals surface area contributed by atoms with Crippen molar-refractivity contribution in [2.75, 3.05) is 13.2 Å². The van der Waals surface area contributed by atoms with E-state index in [1.54, 1.807) is 12.3 Å². The molecule has 1 aromatic carbocycles. The Balaban J connectivity index is 1.36. The summed E-state index contributed by atoms with van der Waals surface area (Å²) in [7, 11) is 1.97. The number of aryl methyl sites for hydroxylation is 1. The predicted octanol–water partition coefficient (Wildman–Crippen LogP) is 2.07. The lowest BCUT2D eigenvalue weighted by Crippen LogP contribution is -2.44. The first kappa shape index (κ1) is 15.5. The zero-order valence-electron chi connectivity index (χ0n) is 13.9. The molecule has 0 saturated carbocycles. The Kier molecular flexibility index (Phi) is 4.01. The van der Waals surface area contributed by atoms with E-state index in [-0.39, 0.29) is 12.5 Å². The van der Waals surface area contributed by atoms with Crippen molar-refractivity contribution < 1.29 is 14.3 Å². The average molecular weight is 337 g/mol. The van der Waals surface area contributed by atoms with E-state index in [1.165, 1.54) is 0 Å². The molecular weight excluding hydrogens is 318 g/mol. The largest absolute Gasteiger partial charge is 0.485 e. The van der Waals surface area contributed by atoms with Crippen molar-refractivity contribution in [3.63, 3.8) is 0 Å². The summed E-state index contributed by atoms with van der Waals surface area (Å²) in [4.78, 5) is 16.7. The Labute approximate surface area is 145 Å². The highest BCUT2D eigenvalue weighted by molar-refractivity contribution is 5.82. The van der Waals surface area contributed by atoms with Crippen LogP contribution in [0, 0.1) is 0 Å². The topological polar surface area (TPSA) is 65.4 Å². The average Bonchev–Trinajstić information content (AvgIpc) is 2.97. The number of pyridine rings is 1. The Bertz CT molecular complexity index is 919. The van der Waals surface area contributed by atoms with Crippen LogP contribution in [0.15, 0.2) is 48.8 Å². The standard InChI is InChI=1S/C19H19N3O3/c1-22-11-13(14-5-4-9-20-18(14)22)8-10-21-19(23)17-12-24-15-6-2-3-7-16(15)25-17/h2-7,9,11,17H,8,10,12H2,1H3,(H,21,23). The van der Waals surface area contributed by atoms with Gasteiger partial charge in [0.15, 0.2) is 11.5 Å². The Morgan fingerprint density at radius 2 is 2.12 bits per heavy atom. The first-order valence-electron chi connectivity index (χ1n) is 8.27. The van der Waals surface area contributed by atoms with Crippen LogP contribution in [0.25, 0.3) is 11.0 Å². The number of nitrogens with zero attached hydrogens (tertiary/aromatic N) is 2. The summed E-state index contributed by atoms with van der Waals surface area (Å²) < 4.78 is 13.3. The van der Waals surface area contributed by atoms with Crippen LogP contribution in [0.3, 0.4) is 0 Å². The first-order valence-corrected chi connectivity index (χ1v) is 8.27. The summed E-state index contributed by atoms with van der Waals surface area (Å²) in [6, 6.07) is 11.3. The van der Waals surface area contributed by atoms with Crippen LogP contribution in [-0.4, -0.2) is 34.7 Å². The normalized spacial score (nSPS) is 16.0. The fourth-order valence-electron chi connectivity index (χ4n) is 3.08. The molecule has 1 N–H and O–H groups in total. The molecule has 0 fully saturated rings. The minimum absolute atomic E-state index is 0.159. The van der Waals surface area contributed by atoms with Gasteiger partial charge in [0.1, 0.15) is 12.3 Å². The van der Waals surface area contributed by atoms with Gasteiger partial charge in [-0.2, -0.15) is 0 Å². The lowest BCUT2D eigenvalue weighted by atomic mass is 10.1. The molecule has 0 spiro atoms. The van der Waals surface area contributed by atoms with Gasteiger partial charge in [-0.25, -0.2) is 4.98 Å². The van der Waals surface area contributed by atoms with E-state index in [0.717, 1.165) is 23.0 Å². The van der Waals surface area contributed by atoms with Gasteiger partial charge >= 0.3 is 0 Å². The molecule has 1 amide bonds. The molecular formula is C19H19N3O3. The number of benzene rings is 1. The molecule has 0 saturated heterocycles. The number of hydrogen-bond donors (Lipinski definition) is 1. The van der Waals surface area contributed by atoms with Crippen molar-refractivity contribution in [3.05, 3.63) is 54.4 Å². The fourth-order valence-corrected chi connectivity index (χ4v) is 3.08. The molecule has 4 rings (SSSR count). The van der Waals surface area contributed by atoms with Gasteiger partial charge in [0, 0.05) is 31.4 Å². The van der Waals surface area contributed by atoms with Crippen molar-refractivity contribution in [2.24, 2.45) is 7.05 Å². The smallest absolute Gasteiger partial charge is 0.264 e. The molecule has 0 radical (unpaired) electrons. The molecule has 25 heavy (non-hydrogen) atoms. The number of nitrogens with one attached hydrogen (secondary N) is 1. The molecule has 0 aliphatic carbocycles. The van der Waals surface area contributed by atoms with Gasteiger partial charge in [0.25, 0.3) is 5.91 Å². The molecule has 1 aliphatic heterocycles. The van der Waals surface area contributed by atoms with E-state index in [9.17, 15) is 4.79 Å². The molecule has 3 aromatic rings. The van der Waals surface area contributed by atoms with Gasteiger partial charge in [-0.05, 0) is 36.2 Å². The molecule has 3 heterocycles. The van der Waals surface area contributed by atoms with Crippen molar-refractivity contribution >= 4 is 16.9 Å². The Morgan fingerprint density at radius 1 is 1.28 bits per heavy atom. The maximum Gasteiger partial charge on any atom is 0.264 e. The molecule has 2 aromatic heterocycles. The van der Waals surface area contributed by atoms with Crippen molar-refractivity contribution in [3.8, 4) is 11.5 Å². The van der Waals surface area contributed by atoms with Crippen molar-refractivity contribution in [2.45, 2.75) is 12.5 Å². The van der Waals surface area contributed by atoms with Crippen molar-refractivity contribution in [1.29, 1.82) is 0 Å². The quantitative estimate of drug-likeness (QED) is 0.791. The summed E-state index contributed by atoms with van der Waals surface area (Å²) in [5.41, 5.74) is 2.11. The third-order valence-electron chi connectivity index (χ3n) is 4.31. The second kappa shape index (κ2) is 6.47. The summed E-state index contributed by atoms with van der Waals surface area (Å²) in [5.74, 6) is 1.12. The van der Waals surface area contributed by atoms with Gasteiger partial charge in [-0.1, -0.05) is 12.1 Å². The van der Waals surface area contributed by atoms with Gasteiger partial charge < -0.3 is 19.4 Å². The number of carbonyl (C=O) groups is 1. The van der Waals surface area contributed by atoms with Crippen LogP contribution >= 0.6 is 0 Å². The number of para-hydroxylation sites is 2. The first-order chi connectivity index (χ1) is 12.2. The zero-order chi connectivity index (χ0) is 17.2. The Hall–Kier alpha value is -3.02. The van der Waals surface area contributed by atoms with Gasteiger partial charge in [-0.15, -0.1) is 0 Å². The van der Waals surface area contributed by atoms with E-state index in [0.29, 0.717) is 18.0 Å². The highest BCUT2D eigenvalue weighted by Gasteiger charge is 2.26. The number of rotatable bonds is 4. The summed E-state index contributed by atoms with van der Waals surface area (Å²) in [6.07, 6.45) is 3.95. The van der Waals surface area contributed by atoms with Crippen LogP contribution in [0.4, 0.5) is 0 Å². The second-order valence-electron chi connectivity index (χ2n) is 6.05. The minimum atomic E-state index is -0.621. The SMILES string of the molecule is Cn1cc(CCNC(=O)C2COc3ccccc3O2)c2cccnc21. The summed E-state index contributed by atoms with van der Waals surface area (Å²) >= 11 is 0. The summed E-state index contributed by atoms with van der Waals surface area (Å²) in [5, 5.41) is 4.05. The van der Waals surface area contributed by atoms with Gasteiger partial charge in [0.05, 0.1) is 0 Å². The van der Waals surface area contributed by atoms with Gasteiger partial charge in [0.2, 0.25) is 6.10 Å². The van der Waals surface area contributed by atoms with Crippen LogP contribution in [0.1, 0.15) is 5.56 Å². The van der Waals surface area contributed by atoms with E-state index >= 15 is 0 Å².